The molecule has 0 fully saturated rings. The molecule has 0 amide bonds. The summed E-state index contributed by atoms with van der Waals surface area (Å²) in [5, 5.41) is 3.65. The van der Waals surface area contributed by atoms with Gasteiger partial charge in [0.15, 0.2) is 0 Å². The summed E-state index contributed by atoms with van der Waals surface area (Å²) in [4.78, 5) is 0. The van der Waals surface area contributed by atoms with Crippen LogP contribution in [0.15, 0.2) is 28.7 Å². The van der Waals surface area contributed by atoms with E-state index < -0.39 is 0 Å². The van der Waals surface area contributed by atoms with Gasteiger partial charge in [-0.3, -0.25) is 0 Å². The summed E-state index contributed by atoms with van der Waals surface area (Å²) in [6, 6.07) is 9.48. The first kappa shape index (κ1) is 15.7. The van der Waals surface area contributed by atoms with Crippen LogP contribution in [0, 0.1) is 0 Å². The Morgan fingerprint density at radius 3 is 2.50 bits per heavy atom. The summed E-state index contributed by atoms with van der Waals surface area (Å²) in [6.07, 6.45) is 3.40. The third-order valence-electron chi connectivity index (χ3n) is 2.98. The summed E-state index contributed by atoms with van der Waals surface area (Å²) < 4.78 is 6.39. The first-order chi connectivity index (χ1) is 8.65. The van der Waals surface area contributed by atoms with E-state index in [1.165, 1.54) is 18.4 Å². The van der Waals surface area contributed by atoms with Crippen LogP contribution in [-0.2, 0) is 11.2 Å². The van der Waals surface area contributed by atoms with E-state index in [0.29, 0.717) is 12.1 Å². The van der Waals surface area contributed by atoms with Gasteiger partial charge in [-0.15, -0.1) is 0 Å². The van der Waals surface area contributed by atoms with Crippen LogP contribution in [0.4, 0.5) is 0 Å². The van der Waals surface area contributed by atoms with Crippen LogP contribution in [0.5, 0.6) is 0 Å². The molecule has 102 valence electrons. The van der Waals surface area contributed by atoms with Gasteiger partial charge in [0.05, 0.1) is 6.61 Å². The first-order valence-corrected chi connectivity index (χ1v) is 7.44. The molecule has 0 radical (unpaired) electrons. The van der Waals surface area contributed by atoms with Crippen LogP contribution in [0.2, 0.25) is 0 Å². The smallest absolute Gasteiger partial charge is 0.0615 e. The van der Waals surface area contributed by atoms with E-state index in [9.17, 15) is 0 Å². The Morgan fingerprint density at radius 2 is 1.94 bits per heavy atom. The zero-order valence-corrected chi connectivity index (χ0v) is 13.2. The Labute approximate surface area is 119 Å². The van der Waals surface area contributed by atoms with Gasteiger partial charge in [-0.25, -0.2) is 0 Å². The number of nitrogens with one attached hydrogen (secondary N) is 1. The maximum Gasteiger partial charge on any atom is 0.0615 e. The van der Waals surface area contributed by atoms with Gasteiger partial charge < -0.3 is 10.1 Å². The lowest BCUT2D eigenvalue weighted by Crippen LogP contribution is -2.40. The molecule has 0 spiro atoms. The second-order valence-electron chi connectivity index (χ2n) is 4.84. The maximum absolute atomic E-state index is 5.25. The van der Waals surface area contributed by atoms with Gasteiger partial charge >= 0.3 is 0 Å². The minimum atomic E-state index is 0.463. The SMILES string of the molecule is CCCC(COC)NC(C)Cc1ccc(Br)cc1. The molecule has 1 aromatic rings. The highest BCUT2D eigenvalue weighted by Crippen LogP contribution is 2.12. The number of methoxy groups -OCH3 is 1. The summed E-state index contributed by atoms with van der Waals surface area (Å²) in [5.74, 6) is 0. The van der Waals surface area contributed by atoms with Gasteiger partial charge in [-0.05, 0) is 37.5 Å². The zero-order chi connectivity index (χ0) is 13.4. The summed E-state index contributed by atoms with van der Waals surface area (Å²) in [6.45, 7) is 5.24. The second kappa shape index (κ2) is 8.68. The van der Waals surface area contributed by atoms with Crippen LogP contribution >= 0.6 is 15.9 Å². The van der Waals surface area contributed by atoms with Gasteiger partial charge in [-0.2, -0.15) is 0 Å². The Morgan fingerprint density at radius 1 is 1.28 bits per heavy atom. The van der Waals surface area contributed by atoms with Crippen molar-refractivity contribution >= 4 is 15.9 Å². The maximum atomic E-state index is 5.25. The van der Waals surface area contributed by atoms with Crippen molar-refractivity contribution in [1.82, 2.24) is 5.32 Å². The minimum absolute atomic E-state index is 0.463. The lowest BCUT2D eigenvalue weighted by atomic mass is 10.1. The largest absolute Gasteiger partial charge is 0.383 e. The quantitative estimate of drug-likeness (QED) is 0.788. The molecule has 2 unspecified atom stereocenters. The van der Waals surface area contributed by atoms with E-state index >= 15 is 0 Å². The number of hydrogen-bond donors (Lipinski definition) is 1. The van der Waals surface area contributed by atoms with Gasteiger partial charge in [0.25, 0.3) is 0 Å². The van der Waals surface area contributed by atoms with Crippen molar-refractivity contribution in [3.63, 3.8) is 0 Å². The Kier molecular flexibility index (Phi) is 7.56. The lowest BCUT2D eigenvalue weighted by Gasteiger charge is -2.22. The van der Waals surface area contributed by atoms with E-state index in [1.54, 1.807) is 7.11 Å². The molecule has 18 heavy (non-hydrogen) atoms. The highest BCUT2D eigenvalue weighted by molar-refractivity contribution is 9.10. The van der Waals surface area contributed by atoms with Crippen molar-refractivity contribution in [2.75, 3.05) is 13.7 Å². The zero-order valence-electron chi connectivity index (χ0n) is 11.6. The van der Waals surface area contributed by atoms with Gasteiger partial charge in [0.1, 0.15) is 0 Å². The third-order valence-corrected chi connectivity index (χ3v) is 3.51. The number of benzene rings is 1. The van der Waals surface area contributed by atoms with Crippen LogP contribution in [0.3, 0.4) is 0 Å². The molecule has 1 aromatic carbocycles. The fraction of sp³-hybridized carbons (Fsp3) is 0.600. The Hall–Kier alpha value is -0.380. The monoisotopic (exact) mass is 313 g/mol. The van der Waals surface area contributed by atoms with Gasteiger partial charge in [-0.1, -0.05) is 41.4 Å². The Bertz CT molecular complexity index is 320. The number of ether oxygens (including phenoxy) is 1. The van der Waals surface area contributed by atoms with Crippen LogP contribution < -0.4 is 5.32 Å². The molecule has 0 heterocycles. The summed E-state index contributed by atoms with van der Waals surface area (Å²) >= 11 is 3.46. The molecule has 0 aromatic heterocycles. The van der Waals surface area contributed by atoms with E-state index in [4.69, 9.17) is 4.74 Å². The van der Waals surface area contributed by atoms with Crippen LogP contribution in [0.25, 0.3) is 0 Å². The van der Waals surface area contributed by atoms with E-state index in [2.05, 4.69) is 59.4 Å². The van der Waals surface area contributed by atoms with E-state index in [1.807, 2.05) is 0 Å². The third kappa shape index (κ3) is 5.98. The standard InChI is InChI=1S/C15H24BrNO/c1-4-5-15(11-18-3)17-12(2)10-13-6-8-14(16)9-7-13/h6-9,12,15,17H,4-5,10-11H2,1-3H3. The van der Waals surface area contributed by atoms with Crippen molar-refractivity contribution in [3.05, 3.63) is 34.3 Å². The second-order valence-corrected chi connectivity index (χ2v) is 5.75. The van der Waals surface area contributed by atoms with Crippen molar-refractivity contribution in [2.24, 2.45) is 0 Å². The van der Waals surface area contributed by atoms with E-state index in [-0.39, 0.29) is 0 Å². The van der Waals surface area contributed by atoms with Gasteiger partial charge in [0, 0.05) is 23.7 Å². The van der Waals surface area contributed by atoms with Crippen LogP contribution in [-0.4, -0.2) is 25.8 Å². The van der Waals surface area contributed by atoms with Crippen molar-refractivity contribution in [2.45, 2.75) is 45.2 Å². The van der Waals surface area contributed by atoms with Crippen molar-refractivity contribution in [1.29, 1.82) is 0 Å². The van der Waals surface area contributed by atoms with Crippen molar-refractivity contribution in [3.8, 4) is 0 Å². The molecule has 1 N–H and O–H groups in total. The molecule has 3 heteroatoms. The number of hydrogen-bond acceptors (Lipinski definition) is 2. The first-order valence-electron chi connectivity index (χ1n) is 6.65. The average Bonchev–Trinajstić information content (AvgIpc) is 2.33. The lowest BCUT2D eigenvalue weighted by molar-refractivity contribution is 0.157. The molecule has 2 atom stereocenters. The average molecular weight is 314 g/mol. The normalized spacial score (nSPS) is 14.4. The van der Waals surface area contributed by atoms with Crippen LogP contribution in [0.1, 0.15) is 32.3 Å². The molecule has 0 saturated heterocycles. The number of halogens is 1. The fourth-order valence-corrected chi connectivity index (χ4v) is 2.46. The molecular formula is C15H24BrNO. The highest BCUT2D eigenvalue weighted by atomic mass is 79.9. The summed E-state index contributed by atoms with van der Waals surface area (Å²) in [5.41, 5.74) is 1.37. The topological polar surface area (TPSA) is 21.3 Å². The minimum Gasteiger partial charge on any atom is -0.383 e. The predicted molar refractivity (Wildman–Crippen MR) is 81.0 cm³/mol. The highest BCUT2D eigenvalue weighted by Gasteiger charge is 2.11. The Balaban J connectivity index is 2.43. The predicted octanol–water partition coefficient (Wildman–Crippen LogP) is 3.78. The molecule has 0 saturated carbocycles. The number of rotatable bonds is 8. The molecule has 0 bridgehead atoms. The van der Waals surface area contributed by atoms with Gasteiger partial charge in [0.2, 0.25) is 0 Å². The fourth-order valence-electron chi connectivity index (χ4n) is 2.20. The van der Waals surface area contributed by atoms with E-state index in [0.717, 1.165) is 17.5 Å². The molecule has 0 aliphatic rings. The van der Waals surface area contributed by atoms with Crippen molar-refractivity contribution < 1.29 is 4.74 Å². The molecule has 0 aliphatic carbocycles. The molecular weight excluding hydrogens is 290 g/mol. The molecule has 1 rings (SSSR count). The molecule has 0 aliphatic heterocycles. The molecule has 2 nitrogen and oxygen atoms in total. The summed E-state index contributed by atoms with van der Waals surface area (Å²) in [7, 11) is 1.77.